The zero-order valence-corrected chi connectivity index (χ0v) is 17.8. The van der Waals surface area contributed by atoms with Crippen molar-refractivity contribution >= 4 is 21.7 Å². The molecule has 0 spiro atoms. The van der Waals surface area contributed by atoms with Crippen LogP contribution in [-0.4, -0.2) is 45.7 Å². The van der Waals surface area contributed by atoms with Crippen LogP contribution >= 0.6 is 0 Å². The number of nitrogens with one attached hydrogen (secondary N) is 1. The lowest BCUT2D eigenvalue weighted by atomic mass is 9.95. The maximum Gasteiger partial charge on any atom is 0.243 e. The van der Waals surface area contributed by atoms with Gasteiger partial charge >= 0.3 is 0 Å². The van der Waals surface area contributed by atoms with Crippen molar-refractivity contribution in [3.05, 3.63) is 66.0 Å². The fraction of sp³-hybridized carbons (Fsp3) is 0.333. The zero-order chi connectivity index (χ0) is 21.1. The Kier molecular flexibility index (Phi) is 5.74. The van der Waals surface area contributed by atoms with Crippen molar-refractivity contribution in [2.75, 3.05) is 18.4 Å². The Hall–Kier alpha value is -2.91. The van der Waals surface area contributed by atoms with Gasteiger partial charge < -0.3 is 5.32 Å². The summed E-state index contributed by atoms with van der Waals surface area (Å²) < 4.78 is 27.6. The van der Waals surface area contributed by atoms with Crippen molar-refractivity contribution in [1.82, 2.24) is 24.2 Å². The number of hydrogen-bond acceptors (Lipinski definition) is 7. The molecule has 30 heavy (non-hydrogen) atoms. The van der Waals surface area contributed by atoms with Crippen LogP contribution in [0.1, 0.15) is 35.6 Å². The Labute approximate surface area is 176 Å². The molecule has 2 aromatic heterocycles. The Morgan fingerprint density at radius 3 is 2.43 bits per heavy atom. The van der Waals surface area contributed by atoms with E-state index in [1.807, 2.05) is 19.9 Å². The van der Waals surface area contributed by atoms with Crippen molar-refractivity contribution in [2.24, 2.45) is 0 Å². The standard InChI is InChI=1S/C21H24N6O2S/c1-15-3-4-18(11-16(15)2)30(28,29)27-9-5-17(6-10-27)19-12-23-14-21(25-19)26-20-13-22-7-8-24-20/h3-4,7-8,11-14,17H,5-6,9-10H2,1-2H3,(H,24,25,26). The van der Waals surface area contributed by atoms with E-state index >= 15 is 0 Å². The highest BCUT2D eigenvalue weighted by atomic mass is 32.2. The molecular weight excluding hydrogens is 400 g/mol. The first-order valence-electron chi connectivity index (χ1n) is 9.86. The first kappa shape index (κ1) is 20.4. The van der Waals surface area contributed by atoms with Gasteiger partial charge in [0.25, 0.3) is 0 Å². The first-order chi connectivity index (χ1) is 14.4. The van der Waals surface area contributed by atoms with E-state index in [1.165, 1.54) is 0 Å². The molecule has 0 atom stereocenters. The molecule has 0 unspecified atom stereocenters. The van der Waals surface area contributed by atoms with Crippen molar-refractivity contribution in [1.29, 1.82) is 0 Å². The number of piperidine rings is 1. The van der Waals surface area contributed by atoms with E-state index in [0.717, 1.165) is 16.8 Å². The van der Waals surface area contributed by atoms with Crippen LogP contribution in [0.5, 0.6) is 0 Å². The normalized spacial score (nSPS) is 15.8. The molecular formula is C21H24N6O2S. The molecule has 1 saturated heterocycles. The molecule has 1 fully saturated rings. The van der Waals surface area contributed by atoms with Gasteiger partial charge in [0.1, 0.15) is 11.6 Å². The summed E-state index contributed by atoms with van der Waals surface area (Å²) in [7, 11) is -3.49. The zero-order valence-electron chi connectivity index (χ0n) is 17.0. The highest BCUT2D eigenvalue weighted by molar-refractivity contribution is 7.89. The number of rotatable bonds is 5. The van der Waals surface area contributed by atoms with Gasteiger partial charge in [-0.1, -0.05) is 6.07 Å². The minimum atomic E-state index is -3.49. The molecule has 0 amide bonds. The highest BCUT2D eigenvalue weighted by Crippen LogP contribution is 2.30. The molecule has 3 aromatic rings. The van der Waals surface area contributed by atoms with E-state index in [0.29, 0.717) is 42.5 Å². The Bertz CT molecular complexity index is 1130. The predicted octanol–water partition coefficient (Wildman–Crippen LogP) is 3.20. The van der Waals surface area contributed by atoms with Crippen molar-refractivity contribution in [3.8, 4) is 0 Å². The third kappa shape index (κ3) is 4.31. The van der Waals surface area contributed by atoms with Crippen LogP contribution in [0.25, 0.3) is 0 Å². The minimum absolute atomic E-state index is 0.160. The van der Waals surface area contributed by atoms with Gasteiger partial charge in [-0.15, -0.1) is 0 Å². The van der Waals surface area contributed by atoms with Crippen LogP contribution in [0.3, 0.4) is 0 Å². The third-order valence-electron chi connectivity index (χ3n) is 5.46. The summed E-state index contributed by atoms with van der Waals surface area (Å²) in [6.45, 7) is 4.83. The topological polar surface area (TPSA) is 101 Å². The van der Waals surface area contributed by atoms with Crippen molar-refractivity contribution in [2.45, 2.75) is 37.5 Å². The second kappa shape index (κ2) is 8.45. The van der Waals surface area contributed by atoms with Gasteiger partial charge in [0.2, 0.25) is 10.0 Å². The molecule has 0 saturated carbocycles. The molecule has 1 N–H and O–H groups in total. The lowest BCUT2D eigenvalue weighted by Crippen LogP contribution is -2.38. The summed E-state index contributed by atoms with van der Waals surface area (Å²) >= 11 is 0. The molecule has 1 aliphatic rings. The molecule has 1 aliphatic heterocycles. The second-order valence-corrected chi connectivity index (χ2v) is 9.41. The highest BCUT2D eigenvalue weighted by Gasteiger charge is 2.30. The summed E-state index contributed by atoms with van der Waals surface area (Å²) in [6.07, 6.45) is 9.61. The molecule has 0 aliphatic carbocycles. The van der Waals surface area contributed by atoms with Gasteiger partial charge in [-0.25, -0.2) is 18.4 Å². The largest absolute Gasteiger partial charge is 0.322 e. The molecule has 8 nitrogen and oxygen atoms in total. The summed E-state index contributed by atoms with van der Waals surface area (Å²) in [4.78, 5) is 17.5. The first-order valence-corrected chi connectivity index (χ1v) is 11.3. The van der Waals surface area contributed by atoms with Gasteiger partial charge in [-0.05, 0) is 49.9 Å². The van der Waals surface area contributed by atoms with Gasteiger partial charge in [0, 0.05) is 37.6 Å². The molecule has 4 rings (SSSR count). The fourth-order valence-corrected chi connectivity index (χ4v) is 5.10. The number of hydrogen-bond donors (Lipinski definition) is 1. The number of benzene rings is 1. The fourth-order valence-electron chi connectivity index (χ4n) is 3.55. The van der Waals surface area contributed by atoms with Crippen LogP contribution in [0.2, 0.25) is 0 Å². The van der Waals surface area contributed by atoms with Crippen LogP contribution in [0.4, 0.5) is 11.6 Å². The van der Waals surface area contributed by atoms with Crippen LogP contribution in [0, 0.1) is 13.8 Å². The van der Waals surface area contributed by atoms with Gasteiger partial charge in [0.15, 0.2) is 0 Å². The number of aryl methyl sites for hydroxylation is 2. The maximum absolute atomic E-state index is 13.0. The van der Waals surface area contributed by atoms with Crippen LogP contribution < -0.4 is 5.32 Å². The summed E-state index contributed by atoms with van der Waals surface area (Å²) in [6, 6.07) is 5.31. The molecule has 9 heteroatoms. The summed E-state index contributed by atoms with van der Waals surface area (Å²) in [5, 5.41) is 3.09. The molecule has 1 aromatic carbocycles. The Balaban J connectivity index is 1.44. The van der Waals surface area contributed by atoms with Crippen molar-refractivity contribution < 1.29 is 8.42 Å². The van der Waals surface area contributed by atoms with E-state index in [1.54, 1.807) is 47.4 Å². The number of nitrogens with zero attached hydrogens (tertiary/aromatic N) is 5. The minimum Gasteiger partial charge on any atom is -0.322 e. The smallest absolute Gasteiger partial charge is 0.243 e. The molecule has 3 heterocycles. The maximum atomic E-state index is 13.0. The summed E-state index contributed by atoms with van der Waals surface area (Å²) in [5.74, 6) is 1.35. The van der Waals surface area contributed by atoms with Crippen LogP contribution in [-0.2, 0) is 10.0 Å². The van der Waals surface area contributed by atoms with E-state index in [-0.39, 0.29) is 5.92 Å². The lowest BCUT2D eigenvalue weighted by Gasteiger charge is -2.31. The average Bonchev–Trinajstić information content (AvgIpc) is 2.76. The molecule has 156 valence electrons. The van der Waals surface area contributed by atoms with Gasteiger partial charge in [0.05, 0.1) is 23.0 Å². The predicted molar refractivity (Wildman–Crippen MR) is 114 cm³/mol. The van der Waals surface area contributed by atoms with E-state index in [2.05, 4.69) is 25.3 Å². The quantitative estimate of drug-likeness (QED) is 0.671. The van der Waals surface area contributed by atoms with E-state index in [9.17, 15) is 8.42 Å². The number of aromatic nitrogens is 4. The van der Waals surface area contributed by atoms with Crippen molar-refractivity contribution in [3.63, 3.8) is 0 Å². The second-order valence-electron chi connectivity index (χ2n) is 7.47. The number of anilines is 2. The van der Waals surface area contributed by atoms with E-state index < -0.39 is 10.0 Å². The van der Waals surface area contributed by atoms with E-state index in [4.69, 9.17) is 0 Å². The van der Waals surface area contributed by atoms with Gasteiger partial charge in [-0.2, -0.15) is 4.31 Å². The van der Waals surface area contributed by atoms with Crippen LogP contribution in [0.15, 0.2) is 54.1 Å². The Morgan fingerprint density at radius 1 is 0.967 bits per heavy atom. The average molecular weight is 425 g/mol. The number of sulfonamides is 1. The Morgan fingerprint density at radius 2 is 1.73 bits per heavy atom. The SMILES string of the molecule is Cc1ccc(S(=O)(=O)N2CCC(c3cncc(Nc4cnccn4)n3)CC2)cc1C. The third-order valence-corrected chi connectivity index (χ3v) is 7.36. The summed E-state index contributed by atoms with van der Waals surface area (Å²) in [5.41, 5.74) is 2.92. The monoisotopic (exact) mass is 424 g/mol. The van der Waals surface area contributed by atoms with Gasteiger partial charge in [-0.3, -0.25) is 9.97 Å². The molecule has 0 radical (unpaired) electrons. The lowest BCUT2D eigenvalue weighted by molar-refractivity contribution is 0.316. The molecule has 0 bridgehead atoms.